The minimum atomic E-state index is -4.60. The zero-order chi connectivity index (χ0) is 39.3. The van der Waals surface area contributed by atoms with Crippen molar-refractivity contribution in [2.75, 3.05) is 40.9 Å². The molecule has 0 heterocycles. The molecule has 0 bridgehead atoms. The molecule has 0 spiro atoms. The largest absolute Gasteiger partial charge is 0.756 e. The van der Waals surface area contributed by atoms with Crippen LogP contribution in [0.1, 0.15) is 174 Å². The summed E-state index contributed by atoms with van der Waals surface area (Å²) >= 11 is 0. The number of phosphoric ester groups is 1. The number of carbonyl (C=O) groups is 1. The standard InChI is InChI=1S/C44H83N2O6P/c1-6-8-10-12-14-16-18-20-22-24-25-27-29-31-33-35-37-43(47)42(41-52-53(49,50)51-40-39-46(3,4)5)45-44(48)38-36-34-32-30-28-26-23-21-19-17-15-13-11-9-7-2/h15,17,21,23,27,29,35,37,42-43,47H,6-14,16,18-20,22,24-26,28,30-34,36,38-41H2,1-5H3,(H-,45,48,49,50)/b17-15+,23-21+,29-27+,37-35+/t42-,43+/m0/s1. The first kappa shape index (κ1) is 51.5. The number of quaternary nitrogens is 1. The van der Waals surface area contributed by atoms with Crippen molar-refractivity contribution in [1.29, 1.82) is 0 Å². The molecule has 0 aliphatic carbocycles. The first-order chi connectivity index (χ1) is 25.5. The maximum atomic E-state index is 12.8. The molecule has 1 amide bonds. The lowest BCUT2D eigenvalue weighted by Crippen LogP contribution is -2.45. The fourth-order valence-corrected chi connectivity index (χ4v) is 6.51. The Morgan fingerprint density at radius 3 is 1.68 bits per heavy atom. The molecule has 9 heteroatoms. The fraction of sp³-hybridized carbons (Fsp3) is 0.795. The van der Waals surface area contributed by atoms with Crippen molar-refractivity contribution in [3.05, 3.63) is 48.6 Å². The number of amides is 1. The summed E-state index contributed by atoms with van der Waals surface area (Å²) < 4.78 is 23.1. The van der Waals surface area contributed by atoms with E-state index in [1.165, 1.54) is 89.9 Å². The Kier molecular flexibility index (Phi) is 35.1. The van der Waals surface area contributed by atoms with Crippen LogP contribution in [0.3, 0.4) is 0 Å². The highest BCUT2D eigenvalue weighted by Gasteiger charge is 2.23. The number of phosphoric acid groups is 1. The molecule has 310 valence electrons. The van der Waals surface area contributed by atoms with Crippen molar-refractivity contribution in [3.63, 3.8) is 0 Å². The van der Waals surface area contributed by atoms with Crippen molar-refractivity contribution in [3.8, 4) is 0 Å². The van der Waals surface area contributed by atoms with Gasteiger partial charge in [-0.15, -0.1) is 0 Å². The molecule has 0 aromatic carbocycles. The van der Waals surface area contributed by atoms with E-state index in [0.29, 0.717) is 17.4 Å². The predicted octanol–water partition coefficient (Wildman–Crippen LogP) is 11.1. The van der Waals surface area contributed by atoms with Crippen molar-refractivity contribution in [1.82, 2.24) is 5.32 Å². The highest BCUT2D eigenvalue weighted by atomic mass is 31.2. The smallest absolute Gasteiger partial charge is 0.268 e. The molecule has 2 N–H and O–H groups in total. The Balaban J connectivity index is 4.55. The number of aliphatic hydroxyl groups excluding tert-OH is 1. The number of hydrogen-bond acceptors (Lipinski definition) is 6. The Hall–Kier alpha value is -1.54. The molecule has 0 aromatic heterocycles. The number of aliphatic hydroxyl groups is 1. The van der Waals surface area contributed by atoms with Crippen LogP contribution in [0.4, 0.5) is 0 Å². The number of likely N-dealkylation sites (N-methyl/N-ethyl adjacent to an activating group) is 1. The fourth-order valence-electron chi connectivity index (χ4n) is 5.78. The van der Waals surface area contributed by atoms with Crippen LogP contribution in [-0.2, 0) is 18.4 Å². The number of rotatable bonds is 38. The van der Waals surface area contributed by atoms with Gasteiger partial charge in [0, 0.05) is 6.42 Å². The van der Waals surface area contributed by atoms with Gasteiger partial charge in [0.15, 0.2) is 0 Å². The molecule has 0 saturated carbocycles. The van der Waals surface area contributed by atoms with Gasteiger partial charge < -0.3 is 28.8 Å². The molecular formula is C44H83N2O6P. The Bertz CT molecular complexity index is 1010. The maximum Gasteiger partial charge on any atom is 0.268 e. The zero-order valence-corrected chi connectivity index (χ0v) is 35.8. The van der Waals surface area contributed by atoms with Crippen LogP contribution < -0.4 is 10.2 Å². The SMILES string of the molecule is CCCCC/C=C/C/C=C/CCCCCCCC(=O)N[C@@H](COP(=O)([O-])OCC[N+](C)(C)C)[C@H](O)/C=C/CC/C=C/CCCCCCCCCCCC. The lowest BCUT2D eigenvalue weighted by molar-refractivity contribution is -0.870. The summed E-state index contributed by atoms with van der Waals surface area (Å²) in [6.45, 7) is 4.57. The molecule has 0 fully saturated rings. The second-order valence-corrected chi connectivity index (χ2v) is 17.1. The second-order valence-electron chi connectivity index (χ2n) is 15.7. The third kappa shape index (κ3) is 38.5. The third-order valence-corrected chi connectivity index (χ3v) is 10.2. The van der Waals surface area contributed by atoms with Crippen LogP contribution in [-0.4, -0.2) is 68.5 Å². The third-order valence-electron chi connectivity index (χ3n) is 9.26. The molecule has 53 heavy (non-hydrogen) atoms. The molecule has 8 nitrogen and oxygen atoms in total. The monoisotopic (exact) mass is 767 g/mol. The zero-order valence-electron chi connectivity index (χ0n) is 35.0. The van der Waals surface area contributed by atoms with Crippen LogP contribution in [0, 0.1) is 0 Å². The Morgan fingerprint density at radius 2 is 1.11 bits per heavy atom. The van der Waals surface area contributed by atoms with E-state index < -0.39 is 26.6 Å². The van der Waals surface area contributed by atoms with Gasteiger partial charge in [-0.25, -0.2) is 0 Å². The van der Waals surface area contributed by atoms with Crippen LogP contribution >= 0.6 is 7.82 Å². The molecule has 0 aliphatic rings. The van der Waals surface area contributed by atoms with Crippen molar-refractivity contribution in [2.24, 2.45) is 0 Å². The molecule has 0 radical (unpaired) electrons. The van der Waals surface area contributed by atoms with E-state index in [-0.39, 0.29) is 12.5 Å². The lowest BCUT2D eigenvalue weighted by Gasteiger charge is -2.29. The minimum absolute atomic E-state index is 0.0106. The van der Waals surface area contributed by atoms with Gasteiger partial charge in [-0.1, -0.05) is 152 Å². The molecule has 0 aromatic rings. The number of carbonyl (C=O) groups excluding carboxylic acids is 1. The van der Waals surface area contributed by atoms with Gasteiger partial charge in [0.05, 0.1) is 39.9 Å². The molecule has 1 unspecified atom stereocenters. The summed E-state index contributed by atoms with van der Waals surface area (Å²) in [5, 5.41) is 13.7. The van der Waals surface area contributed by atoms with Crippen LogP contribution in [0.5, 0.6) is 0 Å². The van der Waals surface area contributed by atoms with Gasteiger partial charge in [-0.3, -0.25) is 9.36 Å². The Morgan fingerprint density at radius 1 is 0.660 bits per heavy atom. The first-order valence-electron chi connectivity index (χ1n) is 21.5. The lowest BCUT2D eigenvalue weighted by atomic mass is 10.1. The van der Waals surface area contributed by atoms with Crippen molar-refractivity contribution >= 4 is 13.7 Å². The van der Waals surface area contributed by atoms with Crippen LogP contribution in [0.25, 0.3) is 0 Å². The van der Waals surface area contributed by atoms with Gasteiger partial charge >= 0.3 is 0 Å². The average molecular weight is 767 g/mol. The highest BCUT2D eigenvalue weighted by Crippen LogP contribution is 2.38. The van der Waals surface area contributed by atoms with E-state index in [9.17, 15) is 19.4 Å². The van der Waals surface area contributed by atoms with Gasteiger partial charge in [0.25, 0.3) is 7.82 Å². The van der Waals surface area contributed by atoms with Crippen LogP contribution in [0.15, 0.2) is 48.6 Å². The van der Waals surface area contributed by atoms with E-state index in [1.807, 2.05) is 27.2 Å². The van der Waals surface area contributed by atoms with Crippen molar-refractivity contribution < 1.29 is 32.9 Å². The summed E-state index contributed by atoms with van der Waals surface area (Å²) in [6, 6.07) is -0.909. The second kappa shape index (κ2) is 36.1. The summed E-state index contributed by atoms with van der Waals surface area (Å²) in [5.41, 5.74) is 0. The summed E-state index contributed by atoms with van der Waals surface area (Å²) in [7, 11) is 1.23. The van der Waals surface area contributed by atoms with E-state index in [2.05, 4.69) is 55.6 Å². The van der Waals surface area contributed by atoms with Crippen LogP contribution in [0.2, 0.25) is 0 Å². The van der Waals surface area contributed by atoms with E-state index in [1.54, 1.807) is 6.08 Å². The number of allylic oxidation sites excluding steroid dienone is 7. The normalized spacial score (nSPS) is 14.9. The number of unbranched alkanes of at least 4 members (excludes halogenated alkanes) is 19. The first-order valence-corrected chi connectivity index (χ1v) is 23.0. The molecule has 3 atom stereocenters. The molecule has 0 rings (SSSR count). The minimum Gasteiger partial charge on any atom is -0.756 e. The Labute approximate surface area is 327 Å². The maximum absolute atomic E-state index is 12.8. The average Bonchev–Trinajstić information content (AvgIpc) is 3.10. The van der Waals surface area contributed by atoms with Gasteiger partial charge in [0.1, 0.15) is 13.2 Å². The number of nitrogens with one attached hydrogen (secondary N) is 1. The highest BCUT2D eigenvalue weighted by molar-refractivity contribution is 7.45. The number of nitrogens with zero attached hydrogens (tertiary/aromatic N) is 1. The van der Waals surface area contributed by atoms with Gasteiger partial charge in [0.2, 0.25) is 5.91 Å². The van der Waals surface area contributed by atoms with Gasteiger partial charge in [-0.2, -0.15) is 0 Å². The molecule has 0 saturated heterocycles. The molecule has 0 aliphatic heterocycles. The van der Waals surface area contributed by atoms with E-state index in [4.69, 9.17) is 9.05 Å². The number of hydrogen-bond donors (Lipinski definition) is 2. The topological polar surface area (TPSA) is 108 Å². The quantitative estimate of drug-likeness (QED) is 0.0280. The molecular weight excluding hydrogens is 683 g/mol. The summed E-state index contributed by atoms with van der Waals surface area (Å²) in [4.78, 5) is 25.2. The van der Waals surface area contributed by atoms with E-state index >= 15 is 0 Å². The van der Waals surface area contributed by atoms with E-state index in [0.717, 1.165) is 64.2 Å². The predicted molar refractivity (Wildman–Crippen MR) is 224 cm³/mol. The van der Waals surface area contributed by atoms with Crippen molar-refractivity contribution in [2.45, 2.75) is 187 Å². The summed E-state index contributed by atoms with van der Waals surface area (Å²) in [6.07, 6.45) is 44.4. The summed E-state index contributed by atoms with van der Waals surface area (Å²) in [5.74, 6) is -0.224. The van der Waals surface area contributed by atoms with Gasteiger partial charge in [-0.05, 0) is 64.2 Å².